The van der Waals surface area contributed by atoms with E-state index in [1.807, 2.05) is 36.4 Å². The normalized spacial score (nSPS) is 21.5. The van der Waals surface area contributed by atoms with Crippen molar-refractivity contribution in [2.75, 3.05) is 7.11 Å². The maximum atomic E-state index is 6.31. The zero-order valence-corrected chi connectivity index (χ0v) is 15.3. The van der Waals surface area contributed by atoms with Gasteiger partial charge in [0.2, 0.25) is 0 Å². The van der Waals surface area contributed by atoms with Gasteiger partial charge in [-0.1, -0.05) is 49.7 Å². The maximum Gasteiger partial charge on any atom is 0.190 e. The van der Waals surface area contributed by atoms with Gasteiger partial charge in [0.05, 0.1) is 18.9 Å². The van der Waals surface area contributed by atoms with Crippen LogP contribution in [-0.4, -0.2) is 24.1 Å². The Morgan fingerprint density at radius 1 is 1.20 bits per heavy atom. The van der Waals surface area contributed by atoms with Crippen LogP contribution in [0.1, 0.15) is 37.4 Å². The second kappa shape index (κ2) is 6.26. The molecule has 0 spiro atoms. The molecule has 130 valence electrons. The minimum absolute atomic E-state index is 0.112. The van der Waals surface area contributed by atoms with E-state index in [1.54, 1.807) is 7.11 Å². The van der Waals surface area contributed by atoms with Crippen molar-refractivity contribution < 1.29 is 9.47 Å². The molecule has 4 nitrogen and oxygen atoms in total. The Morgan fingerprint density at radius 2 is 1.96 bits per heavy atom. The van der Waals surface area contributed by atoms with E-state index in [2.05, 4.69) is 24.9 Å². The summed E-state index contributed by atoms with van der Waals surface area (Å²) in [5.41, 5.74) is 3.29. The number of halogens is 1. The van der Waals surface area contributed by atoms with Crippen molar-refractivity contribution in [3.63, 3.8) is 0 Å². The Hall–Kier alpha value is -2.20. The Bertz CT molecular complexity index is 817. The van der Waals surface area contributed by atoms with Crippen molar-refractivity contribution in [2.24, 2.45) is 11.0 Å². The molecule has 0 fully saturated rings. The fourth-order valence-electron chi connectivity index (χ4n) is 3.53. The molecule has 2 aliphatic heterocycles. The van der Waals surface area contributed by atoms with Crippen LogP contribution in [0.2, 0.25) is 5.02 Å². The third kappa shape index (κ3) is 2.74. The quantitative estimate of drug-likeness (QED) is 0.786. The molecule has 2 aromatic carbocycles. The van der Waals surface area contributed by atoms with Crippen LogP contribution < -0.4 is 9.47 Å². The van der Waals surface area contributed by atoms with Gasteiger partial charge in [-0.15, -0.1) is 0 Å². The number of fused-ring (bicyclic) bond motifs is 3. The number of ether oxygens (including phenoxy) is 2. The van der Waals surface area contributed by atoms with Gasteiger partial charge in [0.1, 0.15) is 0 Å². The van der Waals surface area contributed by atoms with Crippen molar-refractivity contribution in [2.45, 2.75) is 32.5 Å². The summed E-state index contributed by atoms with van der Waals surface area (Å²) in [5, 5.41) is 7.75. The molecular formula is C20H21ClN2O2. The molecule has 0 bridgehead atoms. The number of hydrogen-bond acceptors (Lipinski definition) is 4. The highest BCUT2D eigenvalue weighted by atomic mass is 35.5. The lowest BCUT2D eigenvalue weighted by atomic mass is 9.95. The minimum Gasteiger partial charge on any atom is -0.493 e. The van der Waals surface area contributed by atoms with Crippen molar-refractivity contribution in [1.29, 1.82) is 0 Å². The first-order valence-electron chi connectivity index (χ1n) is 8.54. The van der Waals surface area contributed by atoms with E-state index >= 15 is 0 Å². The average molecular weight is 357 g/mol. The van der Waals surface area contributed by atoms with Crippen LogP contribution in [0.15, 0.2) is 47.6 Å². The van der Waals surface area contributed by atoms with Crippen LogP contribution in [-0.2, 0) is 0 Å². The largest absolute Gasteiger partial charge is 0.493 e. The topological polar surface area (TPSA) is 34.1 Å². The van der Waals surface area contributed by atoms with Gasteiger partial charge in [-0.2, -0.15) is 5.10 Å². The molecule has 2 heterocycles. The predicted octanol–water partition coefficient (Wildman–Crippen LogP) is 4.87. The van der Waals surface area contributed by atoms with Gasteiger partial charge in [-0.3, -0.25) is 0 Å². The summed E-state index contributed by atoms with van der Waals surface area (Å²) in [6.07, 6.45) is 0.729. The summed E-state index contributed by atoms with van der Waals surface area (Å²) < 4.78 is 11.8. The Kier molecular flexibility index (Phi) is 4.08. The monoisotopic (exact) mass is 356 g/mol. The summed E-state index contributed by atoms with van der Waals surface area (Å²) in [5.74, 6) is 1.93. The van der Waals surface area contributed by atoms with E-state index in [1.165, 1.54) is 0 Å². The molecule has 0 aromatic heterocycles. The predicted molar refractivity (Wildman–Crippen MR) is 99.4 cm³/mol. The summed E-state index contributed by atoms with van der Waals surface area (Å²) >= 11 is 6.02. The molecule has 0 unspecified atom stereocenters. The summed E-state index contributed by atoms with van der Waals surface area (Å²) in [4.78, 5) is 0. The van der Waals surface area contributed by atoms with Gasteiger partial charge in [-0.05, 0) is 23.8 Å². The van der Waals surface area contributed by atoms with Crippen LogP contribution >= 0.6 is 11.6 Å². The maximum absolute atomic E-state index is 6.31. The van der Waals surface area contributed by atoms with Gasteiger partial charge < -0.3 is 9.47 Å². The third-order valence-electron chi connectivity index (χ3n) is 4.78. The lowest BCUT2D eigenvalue weighted by molar-refractivity contribution is -0.0476. The molecule has 5 heteroatoms. The molecule has 2 atom stereocenters. The number of benzene rings is 2. The number of methoxy groups -OCH3 is 1. The first-order chi connectivity index (χ1) is 12.1. The fourth-order valence-corrected chi connectivity index (χ4v) is 3.66. The fraction of sp³-hybridized carbons (Fsp3) is 0.350. The number of para-hydroxylation sites is 1. The molecule has 0 saturated heterocycles. The lowest BCUT2D eigenvalue weighted by Gasteiger charge is -2.40. The van der Waals surface area contributed by atoms with Gasteiger partial charge in [0.15, 0.2) is 17.7 Å². The Balaban J connectivity index is 1.76. The van der Waals surface area contributed by atoms with Gasteiger partial charge >= 0.3 is 0 Å². The minimum atomic E-state index is -0.112. The number of hydrazone groups is 1. The summed E-state index contributed by atoms with van der Waals surface area (Å²) in [6, 6.07) is 14.1. The zero-order valence-electron chi connectivity index (χ0n) is 14.6. The van der Waals surface area contributed by atoms with Crippen molar-refractivity contribution in [1.82, 2.24) is 5.01 Å². The third-order valence-corrected chi connectivity index (χ3v) is 5.03. The van der Waals surface area contributed by atoms with Gasteiger partial charge in [0, 0.05) is 22.9 Å². The highest BCUT2D eigenvalue weighted by Gasteiger charge is 2.42. The molecule has 0 N–H and O–H groups in total. The van der Waals surface area contributed by atoms with Crippen LogP contribution in [0, 0.1) is 5.92 Å². The van der Waals surface area contributed by atoms with Crippen LogP contribution in [0.3, 0.4) is 0 Å². The van der Waals surface area contributed by atoms with Crippen molar-refractivity contribution in [3.05, 3.63) is 58.6 Å². The highest BCUT2D eigenvalue weighted by molar-refractivity contribution is 6.30. The number of hydrogen-bond donors (Lipinski definition) is 0. The second-order valence-corrected chi connectivity index (χ2v) is 7.22. The van der Waals surface area contributed by atoms with Gasteiger partial charge in [0.25, 0.3) is 0 Å². The summed E-state index contributed by atoms with van der Waals surface area (Å²) in [6.45, 7) is 4.30. The second-order valence-electron chi connectivity index (χ2n) is 6.78. The average Bonchev–Trinajstić information content (AvgIpc) is 3.06. The SMILES string of the molecule is COc1cccc2c1O[C@@H](C(C)C)N1N=C(c3ccc(Cl)cc3)C[C@@H]21. The molecular weight excluding hydrogens is 336 g/mol. The first kappa shape index (κ1) is 16.3. The van der Waals surface area contributed by atoms with Crippen LogP contribution in [0.4, 0.5) is 0 Å². The zero-order chi connectivity index (χ0) is 17.6. The molecule has 25 heavy (non-hydrogen) atoms. The Morgan fingerprint density at radius 3 is 2.64 bits per heavy atom. The first-order valence-corrected chi connectivity index (χ1v) is 8.91. The van der Waals surface area contributed by atoms with E-state index in [4.69, 9.17) is 26.2 Å². The van der Waals surface area contributed by atoms with Crippen LogP contribution in [0.5, 0.6) is 11.5 Å². The molecule has 4 rings (SSSR count). The van der Waals surface area contributed by atoms with E-state index in [0.717, 1.165) is 39.8 Å². The molecule has 2 aliphatic rings. The van der Waals surface area contributed by atoms with E-state index in [0.29, 0.717) is 5.92 Å². The number of rotatable bonds is 3. The van der Waals surface area contributed by atoms with Crippen molar-refractivity contribution >= 4 is 17.3 Å². The molecule has 0 aliphatic carbocycles. The van der Waals surface area contributed by atoms with Gasteiger partial charge in [-0.25, -0.2) is 5.01 Å². The van der Waals surface area contributed by atoms with Crippen molar-refractivity contribution in [3.8, 4) is 11.5 Å². The smallest absolute Gasteiger partial charge is 0.190 e. The van der Waals surface area contributed by atoms with Crippen LogP contribution in [0.25, 0.3) is 0 Å². The van der Waals surface area contributed by atoms with E-state index in [9.17, 15) is 0 Å². The van der Waals surface area contributed by atoms with E-state index < -0.39 is 0 Å². The molecule has 0 saturated carbocycles. The molecule has 0 radical (unpaired) electrons. The summed E-state index contributed by atoms with van der Waals surface area (Å²) in [7, 11) is 1.68. The number of nitrogens with zero attached hydrogens (tertiary/aromatic N) is 2. The lowest BCUT2D eigenvalue weighted by Crippen LogP contribution is -2.43. The highest BCUT2D eigenvalue weighted by Crippen LogP contribution is 2.47. The Labute approximate surface area is 153 Å². The van der Waals surface area contributed by atoms with E-state index in [-0.39, 0.29) is 12.3 Å². The molecule has 0 amide bonds. The molecule has 2 aromatic rings. The standard InChI is InChI=1S/C20H21ClN2O2/c1-12(2)20-23-17(15-5-4-6-18(24-3)19(15)25-20)11-16(22-23)13-7-9-14(21)10-8-13/h4-10,12,17,20H,11H2,1-3H3/t17-,20-/m0/s1.